The van der Waals surface area contributed by atoms with Crippen LogP contribution in [-0.4, -0.2) is 31.6 Å². The van der Waals surface area contributed by atoms with E-state index in [0.29, 0.717) is 6.61 Å². The van der Waals surface area contributed by atoms with E-state index in [1.165, 1.54) is 17.7 Å². The van der Waals surface area contributed by atoms with E-state index >= 15 is 0 Å². The SMILES string of the molecule is CN=C(NCCCCSC)NCc1cccc(COc2ccccc2)c1.I. The minimum absolute atomic E-state index is 0. The van der Waals surface area contributed by atoms with Crippen LogP contribution in [0, 0.1) is 0 Å². The predicted octanol–water partition coefficient (Wildman–Crippen LogP) is 4.69. The lowest BCUT2D eigenvalue weighted by Crippen LogP contribution is -2.37. The third kappa shape index (κ3) is 9.91. The molecule has 2 aromatic carbocycles. The van der Waals surface area contributed by atoms with Crippen molar-refractivity contribution in [1.29, 1.82) is 0 Å². The first-order chi connectivity index (χ1) is 12.8. The third-order valence-electron chi connectivity index (χ3n) is 3.89. The Bertz CT molecular complexity index is 667. The maximum absolute atomic E-state index is 5.82. The Morgan fingerprint density at radius 2 is 1.78 bits per heavy atom. The van der Waals surface area contributed by atoms with E-state index in [1.807, 2.05) is 42.1 Å². The number of thioether (sulfide) groups is 1. The number of nitrogens with zero attached hydrogens (tertiary/aromatic N) is 1. The number of aliphatic imine (C=N–C) groups is 1. The lowest BCUT2D eigenvalue weighted by Gasteiger charge is -2.13. The molecule has 4 nitrogen and oxygen atoms in total. The van der Waals surface area contributed by atoms with Gasteiger partial charge in [0.25, 0.3) is 0 Å². The number of para-hydroxylation sites is 1. The molecule has 27 heavy (non-hydrogen) atoms. The van der Waals surface area contributed by atoms with Crippen LogP contribution in [0.1, 0.15) is 24.0 Å². The maximum atomic E-state index is 5.82. The van der Waals surface area contributed by atoms with Crippen molar-refractivity contribution >= 4 is 41.7 Å². The number of nitrogens with one attached hydrogen (secondary N) is 2. The molecule has 148 valence electrons. The van der Waals surface area contributed by atoms with Crippen LogP contribution in [0.5, 0.6) is 5.75 Å². The molecule has 0 unspecified atom stereocenters. The molecular weight excluding hydrogens is 469 g/mol. The number of unbranched alkanes of at least 4 members (excludes halogenated alkanes) is 1. The van der Waals surface area contributed by atoms with Gasteiger partial charge in [-0.25, -0.2) is 0 Å². The van der Waals surface area contributed by atoms with Crippen LogP contribution in [-0.2, 0) is 13.2 Å². The number of ether oxygens (including phenoxy) is 1. The number of hydrogen-bond acceptors (Lipinski definition) is 3. The Hall–Kier alpha value is -1.41. The summed E-state index contributed by atoms with van der Waals surface area (Å²) in [6.07, 6.45) is 4.54. The second-order valence-corrected chi connectivity index (χ2v) is 6.96. The highest BCUT2D eigenvalue weighted by molar-refractivity contribution is 14.0. The molecule has 0 spiro atoms. The van der Waals surface area contributed by atoms with E-state index in [4.69, 9.17) is 4.74 Å². The molecule has 0 aliphatic carbocycles. The first-order valence-electron chi connectivity index (χ1n) is 9.01. The van der Waals surface area contributed by atoms with Gasteiger partial charge in [0.1, 0.15) is 12.4 Å². The van der Waals surface area contributed by atoms with Crippen molar-refractivity contribution < 1.29 is 4.74 Å². The van der Waals surface area contributed by atoms with Crippen LogP contribution >= 0.6 is 35.7 Å². The molecule has 0 aliphatic rings. The predicted molar refractivity (Wildman–Crippen MR) is 128 cm³/mol. The molecule has 0 atom stereocenters. The zero-order valence-electron chi connectivity index (χ0n) is 16.1. The normalized spacial score (nSPS) is 10.8. The fraction of sp³-hybridized carbons (Fsp3) is 0.381. The molecule has 0 radical (unpaired) electrons. The molecule has 0 saturated carbocycles. The van der Waals surface area contributed by atoms with Gasteiger partial charge >= 0.3 is 0 Å². The summed E-state index contributed by atoms with van der Waals surface area (Å²) in [5.41, 5.74) is 2.37. The third-order valence-corrected chi connectivity index (χ3v) is 4.59. The highest BCUT2D eigenvalue weighted by atomic mass is 127. The van der Waals surface area contributed by atoms with Gasteiger partial charge in [-0.2, -0.15) is 11.8 Å². The molecule has 0 amide bonds. The van der Waals surface area contributed by atoms with Gasteiger partial charge in [0.2, 0.25) is 0 Å². The van der Waals surface area contributed by atoms with E-state index in [2.05, 4.69) is 46.1 Å². The van der Waals surface area contributed by atoms with Crippen molar-refractivity contribution in [2.75, 3.05) is 25.6 Å². The summed E-state index contributed by atoms with van der Waals surface area (Å²) in [6.45, 7) is 2.26. The molecule has 0 aliphatic heterocycles. The van der Waals surface area contributed by atoms with E-state index in [9.17, 15) is 0 Å². The minimum atomic E-state index is 0. The molecule has 2 rings (SSSR count). The van der Waals surface area contributed by atoms with Crippen LogP contribution in [0.3, 0.4) is 0 Å². The fourth-order valence-electron chi connectivity index (χ4n) is 2.50. The average molecular weight is 499 g/mol. The van der Waals surface area contributed by atoms with Crippen LogP contribution in [0.2, 0.25) is 0 Å². The standard InChI is InChI=1S/C21H29N3OS.HI/c1-22-21(23-13-6-7-14-26-2)24-16-18-9-8-10-19(15-18)17-25-20-11-4-3-5-12-20;/h3-5,8-12,15H,6-7,13-14,16-17H2,1-2H3,(H2,22,23,24);1H. The van der Waals surface area contributed by atoms with Crippen molar-refractivity contribution in [2.45, 2.75) is 26.0 Å². The number of benzene rings is 2. The first-order valence-corrected chi connectivity index (χ1v) is 10.4. The van der Waals surface area contributed by atoms with Gasteiger partial charge in [-0.05, 0) is 48.1 Å². The maximum Gasteiger partial charge on any atom is 0.191 e. The Morgan fingerprint density at radius 3 is 2.52 bits per heavy atom. The second kappa shape index (κ2) is 14.6. The Kier molecular flexibility index (Phi) is 12.8. The van der Waals surface area contributed by atoms with Gasteiger partial charge in [-0.1, -0.05) is 42.5 Å². The van der Waals surface area contributed by atoms with E-state index in [0.717, 1.165) is 36.8 Å². The van der Waals surface area contributed by atoms with Crippen LogP contribution in [0.25, 0.3) is 0 Å². The van der Waals surface area contributed by atoms with Crippen LogP contribution in [0.4, 0.5) is 0 Å². The summed E-state index contributed by atoms with van der Waals surface area (Å²) in [7, 11) is 1.81. The van der Waals surface area contributed by atoms with Gasteiger partial charge in [0.05, 0.1) is 0 Å². The number of rotatable bonds is 10. The summed E-state index contributed by atoms with van der Waals surface area (Å²) < 4.78 is 5.82. The van der Waals surface area contributed by atoms with E-state index in [1.54, 1.807) is 7.05 Å². The molecule has 0 bridgehead atoms. The monoisotopic (exact) mass is 499 g/mol. The minimum Gasteiger partial charge on any atom is -0.489 e. The molecule has 2 aromatic rings. The first kappa shape index (κ1) is 23.6. The largest absolute Gasteiger partial charge is 0.489 e. The van der Waals surface area contributed by atoms with Gasteiger partial charge in [-0.3, -0.25) is 4.99 Å². The highest BCUT2D eigenvalue weighted by Crippen LogP contribution is 2.12. The summed E-state index contributed by atoms with van der Waals surface area (Å²) >= 11 is 1.89. The van der Waals surface area contributed by atoms with Crippen molar-refractivity contribution in [3.63, 3.8) is 0 Å². The molecule has 2 N–H and O–H groups in total. The molecule has 6 heteroatoms. The number of guanidine groups is 1. The van der Waals surface area contributed by atoms with E-state index in [-0.39, 0.29) is 24.0 Å². The Morgan fingerprint density at radius 1 is 1.00 bits per heavy atom. The summed E-state index contributed by atoms with van der Waals surface area (Å²) in [5, 5.41) is 6.74. The number of halogens is 1. The number of hydrogen-bond donors (Lipinski definition) is 2. The fourth-order valence-corrected chi connectivity index (χ4v) is 2.99. The van der Waals surface area contributed by atoms with Crippen molar-refractivity contribution in [2.24, 2.45) is 4.99 Å². The van der Waals surface area contributed by atoms with Crippen molar-refractivity contribution in [3.05, 3.63) is 65.7 Å². The lowest BCUT2D eigenvalue weighted by molar-refractivity contribution is 0.306. The van der Waals surface area contributed by atoms with Crippen molar-refractivity contribution in [1.82, 2.24) is 10.6 Å². The van der Waals surface area contributed by atoms with E-state index < -0.39 is 0 Å². The Balaban J connectivity index is 0.00000364. The summed E-state index contributed by atoms with van der Waals surface area (Å²) in [6, 6.07) is 18.3. The zero-order chi connectivity index (χ0) is 18.5. The molecule has 0 heterocycles. The summed E-state index contributed by atoms with van der Waals surface area (Å²) in [5.74, 6) is 2.95. The van der Waals surface area contributed by atoms with Gasteiger partial charge in [0, 0.05) is 20.1 Å². The lowest BCUT2D eigenvalue weighted by atomic mass is 10.1. The molecule has 0 aromatic heterocycles. The van der Waals surface area contributed by atoms with Gasteiger partial charge < -0.3 is 15.4 Å². The summed E-state index contributed by atoms with van der Waals surface area (Å²) in [4.78, 5) is 4.28. The van der Waals surface area contributed by atoms with Gasteiger partial charge in [0.15, 0.2) is 5.96 Å². The molecule has 0 fully saturated rings. The zero-order valence-corrected chi connectivity index (χ0v) is 19.3. The molecule has 0 saturated heterocycles. The van der Waals surface area contributed by atoms with Crippen LogP contribution in [0.15, 0.2) is 59.6 Å². The topological polar surface area (TPSA) is 45.7 Å². The molecular formula is C21H30IN3OS. The van der Waals surface area contributed by atoms with Crippen molar-refractivity contribution in [3.8, 4) is 5.75 Å². The van der Waals surface area contributed by atoms with Gasteiger partial charge in [-0.15, -0.1) is 24.0 Å². The quantitative estimate of drug-likeness (QED) is 0.216. The smallest absolute Gasteiger partial charge is 0.191 e. The van der Waals surface area contributed by atoms with Crippen LogP contribution < -0.4 is 15.4 Å². The highest BCUT2D eigenvalue weighted by Gasteiger charge is 2.01. The second-order valence-electron chi connectivity index (χ2n) is 5.97. The average Bonchev–Trinajstić information content (AvgIpc) is 2.69. The Labute approximate surface area is 184 Å².